The zero-order valence-corrected chi connectivity index (χ0v) is 15.9. The molecule has 0 spiro atoms. The fourth-order valence-corrected chi connectivity index (χ4v) is 4.69. The quantitative estimate of drug-likeness (QED) is 0.648. The number of hydrogen-bond acceptors (Lipinski definition) is 2. The highest BCUT2D eigenvalue weighted by Crippen LogP contribution is 2.39. The Morgan fingerprint density at radius 3 is 2.33 bits per heavy atom. The maximum absolute atomic E-state index is 13.2. The first-order valence-electron chi connectivity index (χ1n) is 10.4. The molecule has 1 amide bonds. The molecule has 2 unspecified atom stereocenters. The first-order valence-corrected chi connectivity index (χ1v) is 10.4. The summed E-state index contributed by atoms with van der Waals surface area (Å²) < 4.78 is 6.13. The average Bonchev–Trinajstić information content (AvgIpc) is 3.05. The number of ether oxygens (including phenoxy) is 1. The van der Waals surface area contributed by atoms with Crippen LogP contribution in [-0.4, -0.2) is 12.2 Å². The van der Waals surface area contributed by atoms with Crippen molar-refractivity contribution in [1.82, 2.24) is 0 Å². The zero-order chi connectivity index (χ0) is 18.5. The van der Waals surface area contributed by atoms with Crippen molar-refractivity contribution in [2.45, 2.75) is 57.6 Å². The van der Waals surface area contributed by atoms with Gasteiger partial charge in [0.15, 0.2) is 0 Å². The van der Waals surface area contributed by atoms with Crippen LogP contribution in [0.15, 0.2) is 60.7 Å². The van der Waals surface area contributed by atoms with Gasteiger partial charge in [0.05, 0.1) is 6.54 Å². The summed E-state index contributed by atoms with van der Waals surface area (Å²) in [5.41, 5.74) is 2.00. The number of carbonyl (C=O) groups excluding carboxylic acids is 1. The first-order chi connectivity index (χ1) is 13.3. The van der Waals surface area contributed by atoms with Gasteiger partial charge in [-0.2, -0.15) is 0 Å². The number of carbonyl (C=O) groups is 1. The summed E-state index contributed by atoms with van der Waals surface area (Å²) in [6.07, 6.45) is 8.48. The molecular formula is C24H29NO2. The third kappa shape index (κ3) is 4.52. The smallest absolute Gasteiger partial charge is 0.414 e. The van der Waals surface area contributed by atoms with E-state index in [9.17, 15) is 4.79 Å². The molecule has 0 N–H and O–H groups in total. The maximum Gasteiger partial charge on any atom is 0.414 e. The standard InChI is InChI=1S/C24H29NO2/c26-24(27-23-17-15-19-10-7-11-21(23)16-14-19)25(22-12-5-2-6-13-22)18-20-8-3-1-4-9-20/h1-6,8-9,12-13,19,21,23H,7,10-11,14-18H2/t19?,21?,23-/m0/s1. The minimum Gasteiger partial charge on any atom is -0.446 e. The van der Waals surface area contributed by atoms with Crippen molar-refractivity contribution in [3.8, 4) is 0 Å². The summed E-state index contributed by atoms with van der Waals surface area (Å²) in [4.78, 5) is 15.0. The van der Waals surface area contributed by atoms with Crippen LogP contribution in [0.3, 0.4) is 0 Å². The molecule has 2 aliphatic carbocycles. The van der Waals surface area contributed by atoms with Gasteiger partial charge in [-0.3, -0.25) is 4.90 Å². The molecule has 2 aromatic rings. The predicted molar refractivity (Wildman–Crippen MR) is 109 cm³/mol. The van der Waals surface area contributed by atoms with Crippen molar-refractivity contribution in [2.24, 2.45) is 11.8 Å². The normalized spacial score (nSPS) is 24.7. The Bertz CT molecular complexity index is 731. The Balaban J connectivity index is 1.51. The molecule has 4 rings (SSSR count). The van der Waals surface area contributed by atoms with Crippen molar-refractivity contribution in [3.05, 3.63) is 66.2 Å². The van der Waals surface area contributed by atoms with Gasteiger partial charge < -0.3 is 4.74 Å². The fraction of sp³-hybridized carbons (Fsp3) is 0.458. The Hall–Kier alpha value is -2.29. The van der Waals surface area contributed by atoms with Crippen LogP contribution in [0.1, 0.15) is 50.5 Å². The molecule has 2 saturated carbocycles. The van der Waals surface area contributed by atoms with Crippen molar-refractivity contribution in [2.75, 3.05) is 4.90 Å². The van der Waals surface area contributed by atoms with Gasteiger partial charge in [-0.1, -0.05) is 67.8 Å². The summed E-state index contributed by atoms with van der Waals surface area (Å²) in [5, 5.41) is 0. The molecule has 0 radical (unpaired) electrons. The van der Waals surface area contributed by atoms with E-state index in [0.717, 1.165) is 23.6 Å². The van der Waals surface area contributed by atoms with Crippen LogP contribution < -0.4 is 4.90 Å². The van der Waals surface area contributed by atoms with Gasteiger partial charge in [-0.25, -0.2) is 4.79 Å². The Morgan fingerprint density at radius 1 is 0.852 bits per heavy atom. The molecule has 3 atom stereocenters. The lowest BCUT2D eigenvalue weighted by Crippen LogP contribution is -2.36. The summed E-state index contributed by atoms with van der Waals surface area (Å²) in [5.74, 6) is 1.38. The van der Waals surface area contributed by atoms with Crippen LogP contribution in [0.4, 0.5) is 10.5 Å². The number of benzene rings is 2. The van der Waals surface area contributed by atoms with E-state index < -0.39 is 0 Å². The molecule has 2 fully saturated rings. The van der Waals surface area contributed by atoms with Gasteiger partial charge in [-0.05, 0) is 55.2 Å². The van der Waals surface area contributed by atoms with Crippen molar-refractivity contribution in [3.63, 3.8) is 0 Å². The van der Waals surface area contributed by atoms with E-state index in [0.29, 0.717) is 12.5 Å². The van der Waals surface area contributed by atoms with Crippen LogP contribution in [0.25, 0.3) is 0 Å². The van der Waals surface area contributed by atoms with E-state index in [4.69, 9.17) is 4.74 Å². The average molecular weight is 364 g/mol. The Kier molecular flexibility index (Phi) is 5.76. The van der Waals surface area contributed by atoms with E-state index in [-0.39, 0.29) is 12.2 Å². The summed E-state index contributed by atoms with van der Waals surface area (Å²) in [7, 11) is 0. The highest BCUT2D eigenvalue weighted by Gasteiger charge is 2.33. The van der Waals surface area contributed by atoms with E-state index in [1.807, 2.05) is 48.5 Å². The summed E-state index contributed by atoms with van der Waals surface area (Å²) >= 11 is 0. The number of anilines is 1. The number of fused-ring (bicyclic) bond motifs is 3. The monoisotopic (exact) mass is 363 g/mol. The number of hydrogen-bond donors (Lipinski definition) is 0. The lowest BCUT2D eigenvalue weighted by Gasteiger charge is -2.30. The second-order valence-electron chi connectivity index (χ2n) is 8.04. The van der Waals surface area contributed by atoms with E-state index in [1.54, 1.807) is 4.90 Å². The Morgan fingerprint density at radius 2 is 1.56 bits per heavy atom. The molecule has 142 valence electrons. The van der Waals surface area contributed by atoms with Crippen molar-refractivity contribution in [1.29, 1.82) is 0 Å². The van der Waals surface area contributed by atoms with Crippen LogP contribution >= 0.6 is 0 Å². The first kappa shape index (κ1) is 18.1. The molecule has 0 aromatic heterocycles. The highest BCUT2D eigenvalue weighted by atomic mass is 16.6. The summed E-state index contributed by atoms with van der Waals surface area (Å²) in [6, 6.07) is 20.0. The second kappa shape index (κ2) is 8.60. The molecule has 3 heteroatoms. The molecule has 2 bridgehead atoms. The number of rotatable bonds is 4. The fourth-order valence-electron chi connectivity index (χ4n) is 4.69. The molecular weight excluding hydrogens is 334 g/mol. The van der Waals surface area contributed by atoms with Crippen LogP contribution in [0, 0.1) is 11.8 Å². The van der Waals surface area contributed by atoms with Crippen LogP contribution in [0.5, 0.6) is 0 Å². The number of para-hydroxylation sites is 1. The van der Waals surface area contributed by atoms with E-state index >= 15 is 0 Å². The lowest BCUT2D eigenvalue weighted by molar-refractivity contribution is 0.0553. The zero-order valence-electron chi connectivity index (χ0n) is 15.9. The predicted octanol–water partition coefficient (Wildman–Crippen LogP) is 6.19. The maximum atomic E-state index is 13.2. The largest absolute Gasteiger partial charge is 0.446 e. The molecule has 2 aliphatic rings. The van der Waals surface area contributed by atoms with E-state index in [2.05, 4.69) is 12.1 Å². The molecule has 2 aromatic carbocycles. The molecule has 0 saturated heterocycles. The third-order valence-electron chi connectivity index (χ3n) is 6.24. The molecule has 0 heterocycles. The molecule has 3 nitrogen and oxygen atoms in total. The van der Waals surface area contributed by atoms with Gasteiger partial charge >= 0.3 is 6.09 Å². The van der Waals surface area contributed by atoms with Gasteiger partial charge in [0.2, 0.25) is 0 Å². The molecule has 27 heavy (non-hydrogen) atoms. The van der Waals surface area contributed by atoms with Crippen LogP contribution in [-0.2, 0) is 11.3 Å². The van der Waals surface area contributed by atoms with Gasteiger partial charge in [-0.15, -0.1) is 0 Å². The Labute approximate surface area is 162 Å². The second-order valence-corrected chi connectivity index (χ2v) is 8.04. The topological polar surface area (TPSA) is 29.5 Å². The van der Waals surface area contributed by atoms with Crippen molar-refractivity contribution >= 4 is 11.8 Å². The summed E-state index contributed by atoms with van der Waals surface area (Å²) in [6.45, 7) is 0.531. The van der Waals surface area contributed by atoms with E-state index in [1.165, 1.54) is 38.5 Å². The minimum atomic E-state index is -0.209. The van der Waals surface area contributed by atoms with Crippen molar-refractivity contribution < 1.29 is 9.53 Å². The SMILES string of the molecule is O=C(O[C@H]1CCC2CCCC1CC2)N(Cc1ccccc1)c1ccccc1. The minimum absolute atomic E-state index is 0.0739. The number of nitrogens with zero attached hydrogens (tertiary/aromatic N) is 1. The van der Waals surface area contributed by atoms with Gasteiger partial charge in [0.25, 0.3) is 0 Å². The lowest BCUT2D eigenvalue weighted by atomic mass is 9.90. The van der Waals surface area contributed by atoms with Gasteiger partial charge in [0.1, 0.15) is 6.10 Å². The van der Waals surface area contributed by atoms with Crippen LogP contribution in [0.2, 0.25) is 0 Å². The third-order valence-corrected chi connectivity index (χ3v) is 6.24. The number of amides is 1. The van der Waals surface area contributed by atoms with Gasteiger partial charge in [0, 0.05) is 5.69 Å². The highest BCUT2D eigenvalue weighted by molar-refractivity contribution is 5.87. The molecule has 0 aliphatic heterocycles.